The van der Waals surface area contributed by atoms with Crippen LogP contribution < -0.4 is 0 Å². The number of aliphatic carboxylic acids is 1. The van der Waals surface area contributed by atoms with Crippen LogP contribution in [0.5, 0.6) is 0 Å². The standard InChI is InChI=1S/C16H23NO2S/c1-12-5-3-4-6-15(12)17(2)11-14-8-7-13(20-14)9-10-16(18)19/h7-10,12,15H,3-6,11H2,1-2H3,(H,18,19). The molecular weight excluding hydrogens is 270 g/mol. The van der Waals surface area contributed by atoms with Gasteiger partial charge in [-0.2, -0.15) is 0 Å². The largest absolute Gasteiger partial charge is 0.478 e. The predicted molar refractivity (Wildman–Crippen MR) is 83.9 cm³/mol. The van der Waals surface area contributed by atoms with E-state index in [2.05, 4.69) is 24.9 Å². The quantitative estimate of drug-likeness (QED) is 0.838. The lowest BCUT2D eigenvalue weighted by atomic mass is 9.85. The van der Waals surface area contributed by atoms with Crippen molar-refractivity contribution < 1.29 is 9.90 Å². The normalized spacial score (nSPS) is 23.6. The maximum Gasteiger partial charge on any atom is 0.328 e. The molecule has 20 heavy (non-hydrogen) atoms. The zero-order valence-corrected chi connectivity index (χ0v) is 13.0. The van der Waals surface area contributed by atoms with E-state index in [9.17, 15) is 4.79 Å². The van der Waals surface area contributed by atoms with Crippen molar-refractivity contribution in [2.45, 2.75) is 45.2 Å². The molecule has 4 heteroatoms. The number of hydrogen-bond acceptors (Lipinski definition) is 3. The summed E-state index contributed by atoms with van der Waals surface area (Å²) < 4.78 is 0. The molecule has 0 radical (unpaired) electrons. The average molecular weight is 293 g/mol. The third-order valence-electron chi connectivity index (χ3n) is 4.11. The Balaban J connectivity index is 1.94. The Labute approximate surface area is 124 Å². The van der Waals surface area contributed by atoms with E-state index in [1.54, 1.807) is 17.4 Å². The molecule has 0 spiro atoms. The summed E-state index contributed by atoms with van der Waals surface area (Å²) in [5, 5.41) is 8.64. The van der Waals surface area contributed by atoms with E-state index < -0.39 is 5.97 Å². The number of rotatable bonds is 5. The molecule has 3 nitrogen and oxygen atoms in total. The molecule has 0 amide bonds. The third-order valence-corrected chi connectivity index (χ3v) is 5.15. The third kappa shape index (κ3) is 4.18. The van der Waals surface area contributed by atoms with Gasteiger partial charge in [0, 0.05) is 28.4 Å². The number of nitrogens with zero attached hydrogens (tertiary/aromatic N) is 1. The van der Waals surface area contributed by atoms with E-state index >= 15 is 0 Å². The Morgan fingerprint density at radius 3 is 2.90 bits per heavy atom. The molecule has 0 bridgehead atoms. The molecule has 110 valence electrons. The Hall–Kier alpha value is -1.13. The van der Waals surface area contributed by atoms with Crippen molar-refractivity contribution in [2.75, 3.05) is 7.05 Å². The van der Waals surface area contributed by atoms with Gasteiger partial charge in [-0.25, -0.2) is 4.79 Å². The van der Waals surface area contributed by atoms with Gasteiger partial charge in [-0.1, -0.05) is 19.8 Å². The zero-order valence-electron chi connectivity index (χ0n) is 12.2. The van der Waals surface area contributed by atoms with Gasteiger partial charge in [0.2, 0.25) is 0 Å². The van der Waals surface area contributed by atoms with Crippen LogP contribution >= 0.6 is 11.3 Å². The lowest BCUT2D eigenvalue weighted by Crippen LogP contribution is -2.38. The fourth-order valence-corrected chi connectivity index (χ4v) is 4.02. The minimum Gasteiger partial charge on any atom is -0.478 e. The van der Waals surface area contributed by atoms with Crippen molar-refractivity contribution in [3.8, 4) is 0 Å². The molecule has 1 aromatic heterocycles. The first kappa shape index (κ1) is 15.3. The van der Waals surface area contributed by atoms with E-state index in [1.807, 2.05) is 6.07 Å². The molecular formula is C16H23NO2S. The van der Waals surface area contributed by atoms with Crippen LogP contribution in [0.25, 0.3) is 6.08 Å². The number of thiophene rings is 1. The van der Waals surface area contributed by atoms with Gasteiger partial charge in [0.15, 0.2) is 0 Å². The Bertz CT molecular complexity index is 481. The van der Waals surface area contributed by atoms with Gasteiger partial charge >= 0.3 is 5.97 Å². The smallest absolute Gasteiger partial charge is 0.328 e. The van der Waals surface area contributed by atoms with Crippen LogP contribution in [-0.4, -0.2) is 29.1 Å². The number of hydrogen-bond donors (Lipinski definition) is 1. The van der Waals surface area contributed by atoms with E-state index in [0.717, 1.165) is 17.3 Å². The minimum atomic E-state index is -0.895. The molecule has 2 atom stereocenters. The van der Waals surface area contributed by atoms with Crippen LogP contribution in [0, 0.1) is 5.92 Å². The predicted octanol–water partition coefficient (Wildman–Crippen LogP) is 3.86. The highest BCUT2D eigenvalue weighted by Crippen LogP contribution is 2.29. The summed E-state index contributed by atoms with van der Waals surface area (Å²) in [5.74, 6) is -0.117. The lowest BCUT2D eigenvalue weighted by molar-refractivity contribution is -0.131. The van der Waals surface area contributed by atoms with Crippen molar-refractivity contribution >= 4 is 23.4 Å². The maximum atomic E-state index is 10.5. The van der Waals surface area contributed by atoms with Crippen LogP contribution in [0.4, 0.5) is 0 Å². The van der Waals surface area contributed by atoms with Crippen molar-refractivity contribution in [3.63, 3.8) is 0 Å². The van der Waals surface area contributed by atoms with Crippen molar-refractivity contribution in [1.82, 2.24) is 4.90 Å². The van der Waals surface area contributed by atoms with Crippen molar-refractivity contribution in [2.24, 2.45) is 5.92 Å². The van der Waals surface area contributed by atoms with E-state index in [-0.39, 0.29) is 0 Å². The second-order valence-electron chi connectivity index (χ2n) is 5.72. The Morgan fingerprint density at radius 2 is 2.20 bits per heavy atom. The summed E-state index contributed by atoms with van der Waals surface area (Å²) in [4.78, 5) is 15.3. The van der Waals surface area contributed by atoms with Crippen LogP contribution in [0.3, 0.4) is 0 Å². The Morgan fingerprint density at radius 1 is 1.45 bits per heavy atom. The second kappa shape index (κ2) is 7.04. The van der Waals surface area contributed by atoms with Gasteiger partial charge in [0.1, 0.15) is 0 Å². The van der Waals surface area contributed by atoms with Crippen molar-refractivity contribution in [3.05, 3.63) is 28.0 Å². The van der Waals surface area contributed by atoms with Crippen LogP contribution in [-0.2, 0) is 11.3 Å². The highest BCUT2D eigenvalue weighted by Gasteiger charge is 2.24. The van der Waals surface area contributed by atoms with Gasteiger partial charge in [-0.15, -0.1) is 11.3 Å². The van der Waals surface area contributed by atoms with Crippen LogP contribution in [0.2, 0.25) is 0 Å². The number of carboxylic acids is 1. The first-order valence-electron chi connectivity index (χ1n) is 7.26. The molecule has 1 aliphatic rings. The molecule has 0 saturated heterocycles. The molecule has 1 aromatic rings. The van der Waals surface area contributed by atoms with Crippen LogP contribution in [0.15, 0.2) is 18.2 Å². The molecule has 0 aromatic carbocycles. The molecule has 0 aliphatic heterocycles. The molecule has 1 saturated carbocycles. The SMILES string of the molecule is CC1CCCCC1N(C)Cc1ccc(C=CC(=O)O)s1. The summed E-state index contributed by atoms with van der Waals surface area (Å²) in [6, 6.07) is 4.79. The highest BCUT2D eigenvalue weighted by molar-refractivity contribution is 7.12. The van der Waals surface area contributed by atoms with Crippen molar-refractivity contribution in [1.29, 1.82) is 0 Å². The monoisotopic (exact) mass is 293 g/mol. The van der Waals surface area contributed by atoms with Crippen LogP contribution in [0.1, 0.15) is 42.4 Å². The fourth-order valence-electron chi connectivity index (χ4n) is 3.04. The molecule has 1 aliphatic carbocycles. The maximum absolute atomic E-state index is 10.5. The summed E-state index contributed by atoms with van der Waals surface area (Å²) in [7, 11) is 2.21. The highest BCUT2D eigenvalue weighted by atomic mass is 32.1. The molecule has 1 fully saturated rings. The summed E-state index contributed by atoms with van der Waals surface area (Å²) in [6.45, 7) is 3.32. The second-order valence-corrected chi connectivity index (χ2v) is 6.92. The number of carboxylic acid groups (broad SMARTS) is 1. The molecule has 1 N–H and O–H groups in total. The van der Waals surface area contributed by atoms with Gasteiger partial charge < -0.3 is 5.11 Å². The van der Waals surface area contributed by atoms with E-state index in [4.69, 9.17) is 5.11 Å². The van der Waals surface area contributed by atoms with Gasteiger partial charge in [-0.05, 0) is 44.0 Å². The molecule has 1 heterocycles. The van der Waals surface area contributed by atoms with Gasteiger partial charge in [-0.3, -0.25) is 4.90 Å². The average Bonchev–Trinajstić information content (AvgIpc) is 2.84. The summed E-state index contributed by atoms with van der Waals surface area (Å²) >= 11 is 1.68. The fraction of sp³-hybridized carbons (Fsp3) is 0.562. The summed E-state index contributed by atoms with van der Waals surface area (Å²) in [6.07, 6.45) is 8.22. The van der Waals surface area contributed by atoms with E-state index in [0.29, 0.717) is 6.04 Å². The summed E-state index contributed by atoms with van der Waals surface area (Å²) in [5.41, 5.74) is 0. The zero-order chi connectivity index (χ0) is 14.5. The first-order chi connectivity index (χ1) is 9.56. The topological polar surface area (TPSA) is 40.5 Å². The lowest BCUT2D eigenvalue weighted by Gasteiger charge is -2.36. The Kier molecular flexibility index (Phi) is 5.38. The molecule has 2 unspecified atom stereocenters. The van der Waals surface area contributed by atoms with Gasteiger partial charge in [0.05, 0.1) is 0 Å². The molecule has 2 rings (SSSR count). The first-order valence-corrected chi connectivity index (χ1v) is 8.08. The van der Waals surface area contributed by atoms with Gasteiger partial charge in [0.25, 0.3) is 0 Å². The number of carbonyl (C=O) groups is 1. The minimum absolute atomic E-state index is 0.684. The van der Waals surface area contributed by atoms with E-state index in [1.165, 1.54) is 36.6 Å².